The number of amides is 1. The van der Waals surface area contributed by atoms with Crippen molar-refractivity contribution in [3.8, 4) is 5.75 Å². The number of nitrogens with zero attached hydrogens (tertiary/aromatic N) is 2. The lowest BCUT2D eigenvalue weighted by atomic mass is 10.2. The second-order valence-corrected chi connectivity index (χ2v) is 6.31. The first-order chi connectivity index (χ1) is 14.2. The lowest BCUT2D eigenvalue weighted by molar-refractivity contribution is 0.0943. The first-order valence-electron chi connectivity index (χ1n) is 9.37. The van der Waals surface area contributed by atoms with Crippen LogP contribution in [0.4, 0.5) is 11.5 Å². The van der Waals surface area contributed by atoms with Crippen LogP contribution >= 0.6 is 0 Å². The molecule has 1 aromatic heterocycles. The van der Waals surface area contributed by atoms with Crippen LogP contribution in [0.1, 0.15) is 22.5 Å². The Morgan fingerprint density at radius 1 is 1.03 bits per heavy atom. The Bertz CT molecular complexity index is 901. The van der Waals surface area contributed by atoms with E-state index in [0.29, 0.717) is 31.3 Å². The number of anilines is 2. The van der Waals surface area contributed by atoms with Crippen molar-refractivity contribution in [2.75, 3.05) is 25.6 Å². The fourth-order valence-electron chi connectivity index (χ4n) is 2.58. The van der Waals surface area contributed by atoms with Gasteiger partial charge in [0.1, 0.15) is 30.2 Å². The number of methoxy groups -OCH3 is 1. The van der Waals surface area contributed by atoms with Gasteiger partial charge >= 0.3 is 0 Å². The van der Waals surface area contributed by atoms with Gasteiger partial charge in [-0.05, 0) is 36.2 Å². The zero-order valence-electron chi connectivity index (χ0n) is 16.3. The molecule has 7 nitrogen and oxygen atoms in total. The quantitative estimate of drug-likeness (QED) is 0.513. The van der Waals surface area contributed by atoms with Crippen molar-refractivity contribution in [2.45, 2.75) is 13.0 Å². The van der Waals surface area contributed by atoms with Crippen molar-refractivity contribution >= 4 is 17.4 Å². The number of aromatic nitrogens is 2. The summed E-state index contributed by atoms with van der Waals surface area (Å²) in [4.78, 5) is 20.4. The van der Waals surface area contributed by atoms with Crippen LogP contribution in [0, 0.1) is 0 Å². The molecule has 0 unspecified atom stereocenters. The molecule has 0 aliphatic heterocycles. The molecule has 0 saturated carbocycles. The Balaban J connectivity index is 1.53. The highest BCUT2D eigenvalue weighted by molar-refractivity contribution is 5.92. The molecule has 2 N–H and O–H groups in total. The Hall–Kier alpha value is -3.45. The molecule has 0 saturated heterocycles. The monoisotopic (exact) mass is 392 g/mol. The Morgan fingerprint density at radius 2 is 1.83 bits per heavy atom. The first kappa shape index (κ1) is 20.3. The molecule has 29 heavy (non-hydrogen) atoms. The molecule has 0 spiro atoms. The molecule has 0 atom stereocenters. The van der Waals surface area contributed by atoms with Crippen molar-refractivity contribution < 1.29 is 14.3 Å². The lowest BCUT2D eigenvalue weighted by Gasteiger charge is -2.09. The Morgan fingerprint density at radius 3 is 2.59 bits per heavy atom. The summed E-state index contributed by atoms with van der Waals surface area (Å²) in [5.41, 5.74) is 2.26. The van der Waals surface area contributed by atoms with Crippen LogP contribution in [0.2, 0.25) is 0 Å². The summed E-state index contributed by atoms with van der Waals surface area (Å²) in [6.07, 6.45) is 2.11. The number of nitrogens with one attached hydrogen (secondary N) is 2. The predicted octanol–water partition coefficient (Wildman–Crippen LogP) is 3.57. The van der Waals surface area contributed by atoms with Crippen LogP contribution in [-0.2, 0) is 11.3 Å². The lowest BCUT2D eigenvalue weighted by Crippen LogP contribution is -2.26. The van der Waals surface area contributed by atoms with E-state index in [1.807, 2.05) is 54.6 Å². The fourth-order valence-corrected chi connectivity index (χ4v) is 2.58. The maximum absolute atomic E-state index is 12.2. The van der Waals surface area contributed by atoms with Gasteiger partial charge in [-0.2, -0.15) is 0 Å². The van der Waals surface area contributed by atoms with Gasteiger partial charge in [-0.1, -0.05) is 30.3 Å². The van der Waals surface area contributed by atoms with E-state index in [9.17, 15) is 4.79 Å². The normalized spacial score (nSPS) is 10.4. The number of carbonyl (C=O) groups excluding carboxylic acids is 1. The maximum atomic E-state index is 12.2. The van der Waals surface area contributed by atoms with Crippen LogP contribution in [-0.4, -0.2) is 36.1 Å². The second kappa shape index (κ2) is 10.8. The smallest absolute Gasteiger partial charge is 0.270 e. The van der Waals surface area contributed by atoms with Gasteiger partial charge in [-0.3, -0.25) is 4.79 Å². The maximum Gasteiger partial charge on any atom is 0.270 e. The third-order valence-corrected chi connectivity index (χ3v) is 4.09. The number of rotatable bonds is 10. The molecule has 150 valence electrons. The molecule has 0 aliphatic rings. The third kappa shape index (κ3) is 6.58. The van der Waals surface area contributed by atoms with Gasteiger partial charge in [-0.15, -0.1) is 0 Å². The standard InChI is InChI=1S/C22H24N4O3/c1-28-13-5-12-23-22(27)20-14-21(25-16-24-20)26-18-8-10-19(11-9-18)29-15-17-6-3-2-4-7-17/h2-4,6-11,14,16H,5,12-13,15H2,1H3,(H,23,27)(H,24,25,26). The zero-order valence-corrected chi connectivity index (χ0v) is 16.3. The number of benzene rings is 2. The molecule has 7 heteroatoms. The van der Waals surface area contributed by atoms with Crippen molar-refractivity contribution in [3.63, 3.8) is 0 Å². The van der Waals surface area contributed by atoms with Crippen LogP contribution in [0.25, 0.3) is 0 Å². The number of hydrogen-bond donors (Lipinski definition) is 2. The highest BCUT2D eigenvalue weighted by Crippen LogP contribution is 2.20. The van der Waals surface area contributed by atoms with Crippen LogP contribution < -0.4 is 15.4 Å². The van der Waals surface area contributed by atoms with E-state index in [4.69, 9.17) is 9.47 Å². The average molecular weight is 392 g/mol. The van der Waals surface area contributed by atoms with Gasteiger partial charge in [-0.25, -0.2) is 9.97 Å². The van der Waals surface area contributed by atoms with Crippen molar-refractivity contribution in [1.29, 1.82) is 0 Å². The van der Waals surface area contributed by atoms with E-state index >= 15 is 0 Å². The minimum Gasteiger partial charge on any atom is -0.489 e. The largest absolute Gasteiger partial charge is 0.489 e. The zero-order chi connectivity index (χ0) is 20.3. The molecule has 3 aromatic rings. The molecule has 3 rings (SSSR count). The number of carbonyl (C=O) groups is 1. The van der Waals surface area contributed by atoms with Gasteiger partial charge in [0, 0.05) is 32.0 Å². The molecule has 1 amide bonds. The molecule has 0 radical (unpaired) electrons. The molecule has 2 aromatic carbocycles. The molecule has 0 aliphatic carbocycles. The predicted molar refractivity (Wildman–Crippen MR) is 111 cm³/mol. The second-order valence-electron chi connectivity index (χ2n) is 6.31. The van der Waals surface area contributed by atoms with Crippen molar-refractivity contribution in [2.24, 2.45) is 0 Å². The van der Waals surface area contributed by atoms with Crippen LogP contribution in [0.5, 0.6) is 5.75 Å². The third-order valence-electron chi connectivity index (χ3n) is 4.09. The minimum atomic E-state index is -0.240. The Labute approximate surface area is 170 Å². The average Bonchev–Trinajstić information content (AvgIpc) is 2.77. The van der Waals surface area contributed by atoms with Gasteiger partial charge in [0.05, 0.1) is 0 Å². The summed E-state index contributed by atoms with van der Waals surface area (Å²) in [6, 6.07) is 19.2. The highest BCUT2D eigenvalue weighted by atomic mass is 16.5. The van der Waals surface area contributed by atoms with Gasteiger partial charge < -0.3 is 20.1 Å². The van der Waals surface area contributed by atoms with Crippen molar-refractivity contribution in [3.05, 3.63) is 78.2 Å². The van der Waals surface area contributed by atoms with E-state index in [1.54, 1.807) is 13.2 Å². The van der Waals surface area contributed by atoms with Crippen LogP contribution in [0.15, 0.2) is 67.0 Å². The molecule has 0 fully saturated rings. The molecular formula is C22H24N4O3. The van der Waals surface area contributed by atoms with E-state index in [-0.39, 0.29) is 5.91 Å². The SMILES string of the molecule is COCCCNC(=O)c1cc(Nc2ccc(OCc3ccccc3)cc2)ncn1. The minimum absolute atomic E-state index is 0.240. The fraction of sp³-hybridized carbons (Fsp3) is 0.227. The summed E-state index contributed by atoms with van der Waals surface area (Å²) >= 11 is 0. The van der Waals surface area contributed by atoms with E-state index in [0.717, 1.165) is 23.4 Å². The van der Waals surface area contributed by atoms with E-state index in [2.05, 4.69) is 20.6 Å². The van der Waals surface area contributed by atoms with Gasteiger partial charge in [0.25, 0.3) is 5.91 Å². The number of hydrogen-bond acceptors (Lipinski definition) is 6. The van der Waals surface area contributed by atoms with Crippen molar-refractivity contribution in [1.82, 2.24) is 15.3 Å². The molecule has 0 bridgehead atoms. The summed E-state index contributed by atoms with van der Waals surface area (Å²) in [5, 5.41) is 5.98. The summed E-state index contributed by atoms with van der Waals surface area (Å²) in [7, 11) is 1.63. The highest BCUT2D eigenvalue weighted by Gasteiger charge is 2.08. The summed E-state index contributed by atoms with van der Waals surface area (Å²) in [6.45, 7) is 1.65. The van der Waals surface area contributed by atoms with E-state index in [1.165, 1.54) is 6.33 Å². The summed E-state index contributed by atoms with van der Waals surface area (Å²) < 4.78 is 10.8. The first-order valence-corrected chi connectivity index (χ1v) is 9.37. The Kier molecular flexibility index (Phi) is 7.54. The van der Waals surface area contributed by atoms with Crippen LogP contribution in [0.3, 0.4) is 0 Å². The van der Waals surface area contributed by atoms with Gasteiger partial charge in [0.15, 0.2) is 0 Å². The topological polar surface area (TPSA) is 85.4 Å². The van der Waals surface area contributed by atoms with Gasteiger partial charge in [0.2, 0.25) is 0 Å². The number of ether oxygens (including phenoxy) is 2. The van der Waals surface area contributed by atoms with E-state index < -0.39 is 0 Å². The summed E-state index contributed by atoms with van der Waals surface area (Å²) in [5.74, 6) is 1.08. The molecular weight excluding hydrogens is 368 g/mol. The molecule has 1 heterocycles.